The van der Waals surface area contributed by atoms with Crippen molar-refractivity contribution in [2.45, 2.75) is 23.9 Å². The zero-order valence-corrected chi connectivity index (χ0v) is 19.2. The lowest BCUT2D eigenvalue weighted by atomic mass is 9.99. The molecule has 14 heteroatoms. The molecule has 0 spiro atoms. The van der Waals surface area contributed by atoms with Crippen LogP contribution in [0.15, 0.2) is 21.8 Å². The highest BCUT2D eigenvalue weighted by Gasteiger charge is 2.56. The lowest BCUT2D eigenvalue weighted by Gasteiger charge is -2.49. The summed E-state index contributed by atoms with van der Waals surface area (Å²) in [5.74, 6) is -1.98. The van der Waals surface area contributed by atoms with Crippen molar-refractivity contribution in [1.82, 2.24) is 15.2 Å². The highest BCUT2D eigenvalue weighted by molar-refractivity contribution is 8.00. The van der Waals surface area contributed by atoms with E-state index in [2.05, 4.69) is 15.5 Å². The number of aliphatic carboxylic acids is 1. The van der Waals surface area contributed by atoms with Gasteiger partial charge in [-0.1, -0.05) is 5.16 Å². The second-order valence-electron chi connectivity index (χ2n) is 7.91. The SMILES string of the molecule is CO/N=C(\C(=O)NC1C(=O)N2C(C(=O)O)=C([C@@H]3CC[N+](C)(C)O3)CSC12)c1csc(N)n1. The molecule has 0 saturated carbocycles. The molecule has 0 aliphatic carbocycles. The molecule has 32 heavy (non-hydrogen) atoms. The summed E-state index contributed by atoms with van der Waals surface area (Å²) in [5, 5.41) is 17.4. The number of hydroxylamine groups is 3. The Balaban J connectivity index is 1.53. The smallest absolute Gasteiger partial charge is 0.352 e. The number of carboxylic acid groups (broad SMARTS) is 1. The third kappa shape index (κ3) is 3.94. The first kappa shape index (κ1) is 22.5. The molecule has 2 amide bonds. The third-order valence-electron chi connectivity index (χ3n) is 5.38. The number of amides is 2. The number of nitrogens with zero attached hydrogens (tertiary/aromatic N) is 4. The van der Waals surface area contributed by atoms with Crippen LogP contribution in [-0.4, -0.2) is 94.2 Å². The Kier molecular flexibility index (Phi) is 5.87. The minimum Gasteiger partial charge on any atom is -0.477 e. The maximum Gasteiger partial charge on any atom is 0.352 e. The van der Waals surface area contributed by atoms with Crippen molar-refractivity contribution in [3.63, 3.8) is 0 Å². The number of nitrogens with two attached hydrogens (primary N) is 1. The van der Waals surface area contributed by atoms with Gasteiger partial charge in [-0.15, -0.1) is 23.1 Å². The van der Waals surface area contributed by atoms with E-state index in [4.69, 9.17) is 15.4 Å². The maximum absolute atomic E-state index is 12.9. The quantitative estimate of drug-likeness (QED) is 0.212. The Labute approximate surface area is 191 Å². The highest BCUT2D eigenvalue weighted by Crippen LogP contribution is 2.43. The summed E-state index contributed by atoms with van der Waals surface area (Å²) in [6.07, 6.45) is 0.293. The predicted octanol–water partition coefficient (Wildman–Crippen LogP) is -0.405. The van der Waals surface area contributed by atoms with Crippen LogP contribution in [0.1, 0.15) is 12.1 Å². The van der Waals surface area contributed by atoms with Gasteiger partial charge >= 0.3 is 5.97 Å². The number of carbonyl (C=O) groups excluding carboxylic acids is 2. The molecular weight excluding hydrogens is 460 g/mol. The van der Waals surface area contributed by atoms with Gasteiger partial charge in [0.25, 0.3) is 11.8 Å². The van der Waals surface area contributed by atoms with Crippen molar-refractivity contribution in [2.24, 2.45) is 5.16 Å². The number of thiazole rings is 1. The van der Waals surface area contributed by atoms with E-state index in [1.165, 1.54) is 23.8 Å². The fraction of sp³-hybridized carbons (Fsp3) is 0.500. The summed E-state index contributed by atoms with van der Waals surface area (Å²) in [4.78, 5) is 53.7. The molecule has 1 aromatic rings. The number of nitrogen functional groups attached to an aromatic ring is 1. The topological polar surface area (TPSA) is 156 Å². The van der Waals surface area contributed by atoms with E-state index in [1.54, 1.807) is 5.38 Å². The average Bonchev–Trinajstić information content (AvgIpc) is 3.33. The van der Waals surface area contributed by atoms with Gasteiger partial charge in [0.1, 0.15) is 42.6 Å². The first-order valence-corrected chi connectivity index (χ1v) is 11.6. The Bertz CT molecular complexity index is 1040. The zero-order chi connectivity index (χ0) is 23.2. The van der Waals surface area contributed by atoms with Gasteiger partial charge in [0.05, 0.1) is 14.1 Å². The van der Waals surface area contributed by atoms with Gasteiger partial charge in [0.15, 0.2) is 10.8 Å². The summed E-state index contributed by atoms with van der Waals surface area (Å²) in [6, 6.07) is -0.904. The summed E-state index contributed by atoms with van der Waals surface area (Å²) < 4.78 is 0.324. The molecule has 0 radical (unpaired) electrons. The number of quaternary nitrogens is 1. The van der Waals surface area contributed by atoms with Crippen LogP contribution in [-0.2, 0) is 24.1 Å². The number of anilines is 1. The summed E-state index contributed by atoms with van der Waals surface area (Å²) in [5.41, 5.74) is 6.25. The van der Waals surface area contributed by atoms with E-state index in [0.717, 1.165) is 17.9 Å². The molecule has 2 saturated heterocycles. The zero-order valence-electron chi connectivity index (χ0n) is 17.6. The number of hydrogen-bond acceptors (Lipinski definition) is 10. The number of fused-ring (bicyclic) bond motifs is 1. The number of β-lactam (4-membered cyclic amide) rings is 1. The van der Waals surface area contributed by atoms with E-state index in [0.29, 0.717) is 22.4 Å². The normalized spacial score (nSPS) is 27.1. The van der Waals surface area contributed by atoms with E-state index < -0.39 is 29.2 Å². The van der Waals surface area contributed by atoms with Crippen LogP contribution >= 0.6 is 23.1 Å². The van der Waals surface area contributed by atoms with Crippen molar-refractivity contribution >= 4 is 51.7 Å². The predicted molar refractivity (Wildman–Crippen MR) is 116 cm³/mol. The molecule has 0 aromatic carbocycles. The van der Waals surface area contributed by atoms with Crippen molar-refractivity contribution in [2.75, 3.05) is 39.2 Å². The Morgan fingerprint density at radius 3 is 2.78 bits per heavy atom. The standard InChI is InChI=1S/C18H22N6O6S2/c1-24(2)5-4-10(30-24)8-6-31-16-12(15(26)23(16)13(8)17(27)28)21-14(25)11(22-29-3)9-7-32-18(19)20-9/h7,10,12,16H,4-6H2,1-3H3,(H3-,19,20,21,25,27,28)/p+1/b22-11-/t10-,12?,16?/m0/s1. The lowest BCUT2D eigenvalue weighted by molar-refractivity contribution is -1.06. The first-order chi connectivity index (χ1) is 15.1. The number of nitrogens with one attached hydrogen (secondary N) is 1. The summed E-state index contributed by atoms with van der Waals surface area (Å²) in [7, 11) is 5.08. The average molecular weight is 484 g/mol. The number of thioether (sulfide) groups is 1. The molecule has 3 aliphatic rings. The van der Waals surface area contributed by atoms with Crippen LogP contribution in [0, 0.1) is 0 Å². The van der Waals surface area contributed by atoms with Crippen LogP contribution in [0.2, 0.25) is 0 Å². The second kappa shape index (κ2) is 8.35. The number of aromatic nitrogens is 1. The molecule has 4 rings (SSSR count). The van der Waals surface area contributed by atoms with Crippen molar-refractivity contribution in [1.29, 1.82) is 0 Å². The molecular formula is C18H23N6O6S2+. The summed E-state index contributed by atoms with van der Waals surface area (Å²) in [6.45, 7) is 0.741. The van der Waals surface area contributed by atoms with Gasteiger partial charge in [0, 0.05) is 23.1 Å². The van der Waals surface area contributed by atoms with Gasteiger partial charge in [-0.05, 0) is 0 Å². The molecule has 172 valence electrons. The van der Waals surface area contributed by atoms with Crippen LogP contribution in [0.4, 0.5) is 5.13 Å². The Morgan fingerprint density at radius 1 is 1.47 bits per heavy atom. The molecule has 2 fully saturated rings. The molecule has 0 bridgehead atoms. The van der Waals surface area contributed by atoms with Gasteiger partial charge < -0.3 is 21.0 Å². The minimum absolute atomic E-state index is 0.0609. The number of carboxylic acids is 1. The molecule has 2 unspecified atom stereocenters. The van der Waals surface area contributed by atoms with Gasteiger partial charge in [-0.25, -0.2) is 9.78 Å². The molecule has 3 atom stereocenters. The van der Waals surface area contributed by atoms with Crippen LogP contribution in [0.3, 0.4) is 0 Å². The van der Waals surface area contributed by atoms with E-state index in [-0.39, 0.29) is 28.3 Å². The lowest BCUT2D eigenvalue weighted by Crippen LogP contribution is -2.71. The van der Waals surface area contributed by atoms with Crippen LogP contribution < -0.4 is 11.1 Å². The van der Waals surface area contributed by atoms with Gasteiger partial charge in [0.2, 0.25) is 0 Å². The maximum atomic E-state index is 12.9. The van der Waals surface area contributed by atoms with Crippen molar-refractivity contribution in [3.8, 4) is 0 Å². The molecule has 4 N–H and O–H groups in total. The third-order valence-corrected chi connectivity index (χ3v) is 7.36. The Hall–Kier alpha value is -2.68. The van der Waals surface area contributed by atoms with E-state index in [1.807, 2.05) is 14.1 Å². The summed E-state index contributed by atoms with van der Waals surface area (Å²) >= 11 is 2.52. The van der Waals surface area contributed by atoms with E-state index in [9.17, 15) is 19.5 Å². The van der Waals surface area contributed by atoms with Crippen molar-refractivity contribution < 1.29 is 33.8 Å². The Morgan fingerprint density at radius 2 is 2.22 bits per heavy atom. The van der Waals surface area contributed by atoms with E-state index >= 15 is 0 Å². The molecule has 3 aliphatic heterocycles. The molecule has 4 heterocycles. The van der Waals surface area contributed by atoms with Crippen molar-refractivity contribution in [3.05, 3.63) is 22.3 Å². The first-order valence-electron chi connectivity index (χ1n) is 9.68. The highest BCUT2D eigenvalue weighted by atomic mass is 32.2. The number of rotatable bonds is 6. The van der Waals surface area contributed by atoms with Gasteiger partial charge in [-0.3, -0.25) is 14.5 Å². The minimum atomic E-state index is -1.19. The van der Waals surface area contributed by atoms with Gasteiger partial charge in [-0.2, -0.15) is 9.48 Å². The second-order valence-corrected chi connectivity index (χ2v) is 9.91. The molecule has 1 aromatic heterocycles. The fourth-order valence-electron chi connectivity index (χ4n) is 3.91. The van der Waals surface area contributed by atoms with Crippen LogP contribution in [0.5, 0.6) is 0 Å². The largest absolute Gasteiger partial charge is 0.477 e. The number of carbonyl (C=O) groups is 3. The fourth-order valence-corrected chi connectivity index (χ4v) is 5.86. The van der Waals surface area contributed by atoms with Crippen LogP contribution in [0.25, 0.3) is 0 Å². The number of hydrogen-bond donors (Lipinski definition) is 3. The number of oxime groups is 1. The molecule has 12 nitrogen and oxygen atoms in total. The monoisotopic (exact) mass is 483 g/mol.